The molecule has 3 aromatic rings. The molecule has 10 nitrogen and oxygen atoms in total. The summed E-state index contributed by atoms with van der Waals surface area (Å²) in [5, 5.41) is 9.05. The highest BCUT2D eigenvalue weighted by atomic mass is 35.5. The van der Waals surface area contributed by atoms with Gasteiger partial charge in [-0.1, -0.05) is 59.2 Å². The zero-order chi connectivity index (χ0) is 28.0. The lowest BCUT2D eigenvalue weighted by atomic mass is 10.1. The van der Waals surface area contributed by atoms with Crippen LogP contribution in [0.1, 0.15) is 25.8 Å². The number of nitrogens with zero attached hydrogens (tertiary/aromatic N) is 2. The molecule has 208 valence electrons. The molecule has 0 unspecified atom stereocenters. The van der Waals surface area contributed by atoms with Crippen molar-refractivity contribution in [3.05, 3.63) is 71.0 Å². The molecule has 2 N–H and O–H groups in total. The van der Waals surface area contributed by atoms with E-state index in [1.807, 2.05) is 30.3 Å². The average Bonchev–Trinajstić information content (AvgIpc) is 3.52. The Kier molecular flexibility index (Phi) is 9.05. The molecule has 0 saturated carbocycles. The first-order valence-electron chi connectivity index (χ1n) is 12.3. The lowest BCUT2D eigenvalue weighted by Gasteiger charge is -2.30. The van der Waals surface area contributed by atoms with Crippen LogP contribution in [0.25, 0.3) is 11.3 Å². The first-order chi connectivity index (χ1) is 18.6. The van der Waals surface area contributed by atoms with Gasteiger partial charge in [-0.2, -0.15) is 0 Å². The minimum Gasteiger partial charge on any atom is -0.447 e. The summed E-state index contributed by atoms with van der Waals surface area (Å²) in [5.41, 5.74) is 1.24. The first kappa shape index (κ1) is 28.3. The second-order valence-electron chi connectivity index (χ2n) is 9.49. The molecule has 0 radical (unpaired) electrons. The number of carbonyl (C=O) groups is 2. The number of carbonyl (C=O) groups excluding carboxylic acids is 2. The molecule has 1 aliphatic heterocycles. The fraction of sp³-hybridized carbons (Fsp3) is 0.370. The number of nitrogens with one attached hydrogen (secondary N) is 2. The van der Waals surface area contributed by atoms with Crippen molar-refractivity contribution in [1.29, 1.82) is 0 Å². The number of amides is 3. The molecule has 1 fully saturated rings. The van der Waals surface area contributed by atoms with E-state index < -0.39 is 29.8 Å². The number of rotatable bonds is 9. The van der Waals surface area contributed by atoms with Gasteiger partial charge in [-0.15, -0.1) is 0 Å². The molecule has 39 heavy (non-hydrogen) atoms. The van der Waals surface area contributed by atoms with Crippen molar-refractivity contribution in [2.75, 3.05) is 25.6 Å². The number of benzene rings is 2. The van der Waals surface area contributed by atoms with E-state index in [9.17, 15) is 14.0 Å². The Labute approximate surface area is 230 Å². The standard InChI is InChI=1S/C27H30ClFN4O6/c1-27(2)37-16-20(38-27)12-19(33(3)25(34)30-14-18-10-7-11-21(29)24(18)28)15-36-26(35)31-23-13-22(39-32-23)17-8-5-4-6-9-17/h4-11,13,19-20H,12,14-16H2,1-3H3,(H,30,34)(H,31,32,35)/t19-,20+/m0/s1. The van der Waals surface area contributed by atoms with Crippen LogP contribution >= 0.6 is 11.6 Å². The second kappa shape index (κ2) is 12.5. The lowest BCUT2D eigenvalue weighted by Crippen LogP contribution is -2.47. The summed E-state index contributed by atoms with van der Waals surface area (Å²) >= 11 is 6.00. The number of aromatic nitrogens is 1. The number of urea groups is 1. The molecule has 4 rings (SSSR count). The van der Waals surface area contributed by atoms with Crippen molar-refractivity contribution < 1.29 is 32.7 Å². The highest BCUT2D eigenvalue weighted by Crippen LogP contribution is 2.26. The molecule has 3 amide bonds. The van der Waals surface area contributed by atoms with Crippen molar-refractivity contribution in [3.63, 3.8) is 0 Å². The van der Waals surface area contributed by atoms with E-state index in [-0.39, 0.29) is 30.1 Å². The van der Waals surface area contributed by atoms with Crippen LogP contribution in [0.15, 0.2) is 59.1 Å². The molecule has 1 aliphatic rings. The molecule has 0 bridgehead atoms. The Bertz CT molecular complexity index is 1290. The van der Waals surface area contributed by atoms with Crippen molar-refractivity contribution in [3.8, 4) is 11.3 Å². The van der Waals surface area contributed by atoms with Gasteiger partial charge in [0.25, 0.3) is 0 Å². The molecule has 0 aliphatic carbocycles. The number of halogens is 2. The molecule has 2 atom stereocenters. The molecule has 1 saturated heterocycles. The molecule has 12 heteroatoms. The summed E-state index contributed by atoms with van der Waals surface area (Å²) in [4.78, 5) is 26.9. The minimum absolute atomic E-state index is 0.0137. The van der Waals surface area contributed by atoms with Crippen LogP contribution in [0.2, 0.25) is 5.02 Å². The van der Waals surface area contributed by atoms with Crippen LogP contribution in [-0.4, -0.2) is 60.4 Å². The van der Waals surface area contributed by atoms with Crippen molar-refractivity contribution in [1.82, 2.24) is 15.4 Å². The van der Waals surface area contributed by atoms with E-state index in [2.05, 4.69) is 15.8 Å². The average molecular weight is 561 g/mol. The third kappa shape index (κ3) is 7.69. The quantitative estimate of drug-likeness (QED) is 0.358. The maximum Gasteiger partial charge on any atom is 0.412 e. The van der Waals surface area contributed by atoms with Gasteiger partial charge in [-0.05, 0) is 31.9 Å². The summed E-state index contributed by atoms with van der Waals surface area (Å²) in [6.07, 6.45) is -0.755. The molecular formula is C27H30ClFN4O6. The van der Waals surface area contributed by atoms with Gasteiger partial charge in [0.1, 0.15) is 12.4 Å². The number of hydrogen-bond acceptors (Lipinski definition) is 7. The van der Waals surface area contributed by atoms with Gasteiger partial charge in [-0.3, -0.25) is 5.32 Å². The van der Waals surface area contributed by atoms with Crippen molar-refractivity contribution in [2.24, 2.45) is 0 Å². The van der Waals surface area contributed by atoms with E-state index >= 15 is 0 Å². The monoisotopic (exact) mass is 560 g/mol. The Morgan fingerprint density at radius 2 is 2.00 bits per heavy atom. The number of ether oxygens (including phenoxy) is 3. The zero-order valence-corrected chi connectivity index (χ0v) is 22.5. The Hall–Kier alpha value is -3.67. The highest BCUT2D eigenvalue weighted by Gasteiger charge is 2.36. The van der Waals surface area contributed by atoms with E-state index in [0.29, 0.717) is 24.4 Å². The van der Waals surface area contributed by atoms with Crippen LogP contribution < -0.4 is 10.6 Å². The number of likely N-dealkylation sites (N-methyl/N-ethyl adjacent to an activating group) is 1. The fourth-order valence-corrected chi connectivity index (χ4v) is 4.24. The van der Waals surface area contributed by atoms with Crippen LogP contribution in [0.3, 0.4) is 0 Å². The normalized spacial score (nSPS) is 16.9. The summed E-state index contributed by atoms with van der Waals surface area (Å²) in [7, 11) is 1.57. The van der Waals surface area contributed by atoms with E-state index in [1.165, 1.54) is 17.0 Å². The van der Waals surface area contributed by atoms with Gasteiger partial charge in [0.2, 0.25) is 0 Å². The molecule has 2 heterocycles. The van der Waals surface area contributed by atoms with E-state index in [4.69, 9.17) is 30.3 Å². The zero-order valence-electron chi connectivity index (χ0n) is 21.8. The third-order valence-electron chi connectivity index (χ3n) is 6.14. The summed E-state index contributed by atoms with van der Waals surface area (Å²) in [6.45, 7) is 3.80. The Balaban J connectivity index is 1.36. The first-order valence-corrected chi connectivity index (χ1v) is 12.7. The summed E-state index contributed by atoms with van der Waals surface area (Å²) in [5.74, 6) is -0.661. The smallest absolute Gasteiger partial charge is 0.412 e. The second-order valence-corrected chi connectivity index (χ2v) is 9.87. The Morgan fingerprint density at radius 3 is 2.72 bits per heavy atom. The van der Waals surface area contributed by atoms with Crippen LogP contribution in [0, 0.1) is 5.82 Å². The Morgan fingerprint density at radius 1 is 1.23 bits per heavy atom. The van der Waals surface area contributed by atoms with Crippen LogP contribution in [-0.2, 0) is 20.8 Å². The largest absolute Gasteiger partial charge is 0.447 e. The summed E-state index contributed by atoms with van der Waals surface area (Å²) < 4.78 is 36.0. The third-order valence-corrected chi connectivity index (χ3v) is 6.56. The van der Waals surface area contributed by atoms with E-state index in [1.54, 1.807) is 33.0 Å². The van der Waals surface area contributed by atoms with Gasteiger partial charge < -0.3 is 29.0 Å². The maximum atomic E-state index is 13.8. The van der Waals surface area contributed by atoms with Gasteiger partial charge in [0, 0.05) is 25.2 Å². The van der Waals surface area contributed by atoms with Gasteiger partial charge in [-0.25, -0.2) is 14.0 Å². The number of anilines is 1. The molecule has 2 aromatic carbocycles. The fourth-order valence-electron chi connectivity index (χ4n) is 4.05. The predicted octanol–water partition coefficient (Wildman–Crippen LogP) is 5.43. The van der Waals surface area contributed by atoms with Gasteiger partial charge in [0.05, 0.1) is 23.8 Å². The molecule has 0 spiro atoms. The molecule has 1 aromatic heterocycles. The van der Waals surface area contributed by atoms with E-state index in [0.717, 1.165) is 5.56 Å². The van der Waals surface area contributed by atoms with Gasteiger partial charge in [0.15, 0.2) is 17.4 Å². The highest BCUT2D eigenvalue weighted by molar-refractivity contribution is 6.31. The molecular weight excluding hydrogens is 531 g/mol. The number of hydrogen-bond donors (Lipinski definition) is 2. The minimum atomic E-state index is -0.766. The van der Waals surface area contributed by atoms with Crippen molar-refractivity contribution >= 4 is 29.5 Å². The van der Waals surface area contributed by atoms with Gasteiger partial charge >= 0.3 is 12.1 Å². The predicted molar refractivity (Wildman–Crippen MR) is 142 cm³/mol. The van der Waals surface area contributed by atoms with Crippen LogP contribution in [0.4, 0.5) is 19.8 Å². The van der Waals surface area contributed by atoms with Crippen molar-refractivity contribution in [2.45, 2.75) is 44.7 Å². The maximum absolute atomic E-state index is 13.8. The topological polar surface area (TPSA) is 115 Å². The lowest BCUT2D eigenvalue weighted by molar-refractivity contribution is -0.140. The van der Waals surface area contributed by atoms with Crippen LogP contribution in [0.5, 0.6) is 0 Å². The SMILES string of the molecule is CN(C(=O)NCc1cccc(F)c1Cl)[C@H](COC(=O)Nc1cc(-c2ccccc2)on1)C[C@@H]1COC(C)(C)O1. The summed E-state index contributed by atoms with van der Waals surface area (Å²) in [6, 6.07) is 14.2.